The van der Waals surface area contributed by atoms with Crippen LogP contribution in [0.1, 0.15) is 17.2 Å². The Labute approximate surface area is 153 Å². The number of nitrogens with zero attached hydrogens (tertiary/aromatic N) is 1. The Morgan fingerprint density at radius 3 is 2.48 bits per heavy atom. The second kappa shape index (κ2) is 9.30. The second-order valence-electron chi connectivity index (χ2n) is 5.95. The predicted octanol–water partition coefficient (Wildman–Crippen LogP) is 3.45. The summed E-state index contributed by atoms with van der Waals surface area (Å²) in [6.07, 6.45) is 0. The van der Waals surface area contributed by atoms with Crippen molar-refractivity contribution < 1.29 is 9.53 Å². The molecule has 0 heterocycles. The van der Waals surface area contributed by atoms with E-state index in [1.807, 2.05) is 62.6 Å². The van der Waals surface area contributed by atoms with Gasteiger partial charge in [-0.15, -0.1) is 0 Å². The Bertz CT molecular complexity index is 689. The van der Waals surface area contributed by atoms with Crippen molar-refractivity contribution >= 4 is 17.6 Å². The van der Waals surface area contributed by atoms with Gasteiger partial charge in [-0.3, -0.25) is 0 Å². The molecule has 2 N–H and O–H groups in total. The van der Waals surface area contributed by atoms with Crippen molar-refractivity contribution in [3.63, 3.8) is 0 Å². The van der Waals surface area contributed by atoms with E-state index in [4.69, 9.17) is 16.3 Å². The highest BCUT2D eigenvalue weighted by molar-refractivity contribution is 6.30. The summed E-state index contributed by atoms with van der Waals surface area (Å²) in [5.74, 6) is 0.813. The molecule has 0 bridgehead atoms. The maximum absolute atomic E-state index is 12.1. The van der Waals surface area contributed by atoms with E-state index >= 15 is 0 Å². The number of benzene rings is 2. The number of urea groups is 1. The molecular formula is C19H24ClN3O2. The third kappa shape index (κ3) is 5.96. The van der Waals surface area contributed by atoms with Crippen LogP contribution in [0.25, 0.3) is 0 Å². The van der Waals surface area contributed by atoms with Crippen LogP contribution in [-0.4, -0.2) is 38.7 Å². The minimum absolute atomic E-state index is 0.0721. The highest BCUT2D eigenvalue weighted by atomic mass is 35.5. The lowest BCUT2D eigenvalue weighted by Crippen LogP contribution is -2.40. The third-order valence-electron chi connectivity index (χ3n) is 3.92. The number of hydrogen-bond acceptors (Lipinski definition) is 3. The maximum Gasteiger partial charge on any atom is 0.315 e. The van der Waals surface area contributed by atoms with Crippen LogP contribution in [0.3, 0.4) is 0 Å². The fraction of sp³-hybridized carbons (Fsp3) is 0.316. The molecule has 5 nitrogen and oxygen atoms in total. The van der Waals surface area contributed by atoms with E-state index in [0.29, 0.717) is 18.1 Å². The summed E-state index contributed by atoms with van der Waals surface area (Å²) in [5, 5.41) is 6.42. The molecule has 0 aliphatic heterocycles. The van der Waals surface area contributed by atoms with E-state index in [2.05, 4.69) is 15.5 Å². The first kappa shape index (κ1) is 19.1. The van der Waals surface area contributed by atoms with Gasteiger partial charge in [0.15, 0.2) is 0 Å². The molecular weight excluding hydrogens is 338 g/mol. The molecule has 25 heavy (non-hydrogen) atoms. The van der Waals surface area contributed by atoms with Gasteiger partial charge < -0.3 is 20.3 Å². The van der Waals surface area contributed by atoms with Gasteiger partial charge in [-0.2, -0.15) is 0 Å². The van der Waals surface area contributed by atoms with Crippen LogP contribution < -0.4 is 15.4 Å². The Balaban J connectivity index is 1.88. The Morgan fingerprint density at radius 1 is 1.16 bits per heavy atom. The van der Waals surface area contributed by atoms with Gasteiger partial charge in [-0.25, -0.2) is 4.79 Å². The largest absolute Gasteiger partial charge is 0.497 e. The number of ether oxygens (including phenoxy) is 1. The first-order chi connectivity index (χ1) is 12.0. The average molecular weight is 362 g/mol. The second-order valence-corrected chi connectivity index (χ2v) is 6.38. The molecule has 1 atom stereocenters. The minimum Gasteiger partial charge on any atom is -0.497 e. The third-order valence-corrected chi connectivity index (χ3v) is 4.16. The molecule has 0 spiro atoms. The van der Waals surface area contributed by atoms with Gasteiger partial charge in [0, 0.05) is 18.1 Å². The molecule has 0 fully saturated rings. The molecule has 1 unspecified atom stereocenters. The van der Waals surface area contributed by atoms with Crippen LogP contribution in [0.15, 0.2) is 48.5 Å². The zero-order valence-corrected chi connectivity index (χ0v) is 15.5. The lowest BCUT2D eigenvalue weighted by atomic mass is 10.1. The summed E-state index contributed by atoms with van der Waals surface area (Å²) >= 11 is 5.94. The number of nitrogens with one attached hydrogen (secondary N) is 2. The number of rotatable bonds is 7. The van der Waals surface area contributed by atoms with Crippen molar-refractivity contribution in [3.8, 4) is 5.75 Å². The van der Waals surface area contributed by atoms with Crippen molar-refractivity contribution in [2.24, 2.45) is 0 Å². The molecule has 0 saturated heterocycles. The van der Waals surface area contributed by atoms with Crippen LogP contribution in [0.2, 0.25) is 5.02 Å². The van der Waals surface area contributed by atoms with Crippen molar-refractivity contribution in [2.45, 2.75) is 12.6 Å². The maximum atomic E-state index is 12.1. The Kier molecular flexibility index (Phi) is 7.10. The molecule has 2 rings (SSSR count). The van der Waals surface area contributed by atoms with Gasteiger partial charge in [-0.05, 0) is 49.5 Å². The summed E-state index contributed by atoms with van der Waals surface area (Å²) in [5.41, 5.74) is 2.07. The number of carbonyl (C=O) groups excluding carboxylic acids is 1. The number of halogens is 1. The molecule has 2 aromatic carbocycles. The predicted molar refractivity (Wildman–Crippen MR) is 101 cm³/mol. The Morgan fingerprint density at radius 2 is 1.88 bits per heavy atom. The van der Waals surface area contributed by atoms with Gasteiger partial charge in [0.05, 0.1) is 13.2 Å². The number of hydrogen-bond donors (Lipinski definition) is 2. The van der Waals surface area contributed by atoms with E-state index in [0.717, 1.165) is 16.9 Å². The highest BCUT2D eigenvalue weighted by Gasteiger charge is 2.15. The molecule has 0 radical (unpaired) electrons. The Hall–Kier alpha value is -2.24. The quantitative estimate of drug-likeness (QED) is 0.794. The average Bonchev–Trinajstić information content (AvgIpc) is 2.60. The van der Waals surface area contributed by atoms with Crippen LogP contribution in [0.5, 0.6) is 5.75 Å². The lowest BCUT2D eigenvalue weighted by Gasteiger charge is -2.25. The SMILES string of the molecule is COc1ccc(C(CNC(=O)NCc2cccc(Cl)c2)N(C)C)cc1. The normalized spacial score (nSPS) is 11.9. The van der Waals surface area contributed by atoms with Crippen molar-refractivity contribution in [2.75, 3.05) is 27.7 Å². The van der Waals surface area contributed by atoms with Gasteiger partial charge in [0.25, 0.3) is 0 Å². The van der Waals surface area contributed by atoms with Crippen LogP contribution >= 0.6 is 11.6 Å². The molecule has 2 aromatic rings. The van der Waals surface area contributed by atoms with E-state index in [9.17, 15) is 4.79 Å². The minimum atomic E-state index is -0.208. The van der Waals surface area contributed by atoms with Crippen molar-refractivity contribution in [1.29, 1.82) is 0 Å². The summed E-state index contributed by atoms with van der Waals surface area (Å²) < 4.78 is 5.19. The number of carbonyl (C=O) groups is 1. The van der Waals surface area contributed by atoms with E-state index in [1.54, 1.807) is 7.11 Å². The van der Waals surface area contributed by atoms with E-state index in [-0.39, 0.29) is 12.1 Å². The fourth-order valence-corrected chi connectivity index (χ4v) is 2.72. The van der Waals surface area contributed by atoms with Crippen LogP contribution in [0.4, 0.5) is 4.79 Å². The van der Waals surface area contributed by atoms with Crippen molar-refractivity contribution in [1.82, 2.24) is 15.5 Å². The number of likely N-dealkylation sites (N-methyl/N-ethyl adjacent to an activating group) is 1. The van der Waals surface area contributed by atoms with Gasteiger partial charge in [0.2, 0.25) is 0 Å². The number of amides is 2. The summed E-state index contributed by atoms with van der Waals surface area (Å²) in [7, 11) is 5.62. The zero-order chi connectivity index (χ0) is 18.2. The summed E-state index contributed by atoms with van der Waals surface area (Å²) in [6.45, 7) is 0.933. The molecule has 0 aliphatic rings. The van der Waals surface area contributed by atoms with Gasteiger partial charge in [0.1, 0.15) is 5.75 Å². The zero-order valence-electron chi connectivity index (χ0n) is 14.8. The van der Waals surface area contributed by atoms with Crippen LogP contribution in [-0.2, 0) is 6.54 Å². The van der Waals surface area contributed by atoms with Gasteiger partial charge in [-0.1, -0.05) is 35.9 Å². The first-order valence-electron chi connectivity index (χ1n) is 8.06. The smallest absolute Gasteiger partial charge is 0.315 e. The lowest BCUT2D eigenvalue weighted by molar-refractivity contribution is 0.232. The van der Waals surface area contributed by atoms with Crippen molar-refractivity contribution in [3.05, 3.63) is 64.7 Å². The molecule has 0 saturated carbocycles. The summed E-state index contributed by atoms with van der Waals surface area (Å²) in [4.78, 5) is 14.1. The molecule has 0 aliphatic carbocycles. The first-order valence-corrected chi connectivity index (χ1v) is 8.44. The molecule has 6 heteroatoms. The van der Waals surface area contributed by atoms with Crippen LogP contribution in [0, 0.1) is 0 Å². The molecule has 2 amide bonds. The monoisotopic (exact) mass is 361 g/mol. The topological polar surface area (TPSA) is 53.6 Å². The highest BCUT2D eigenvalue weighted by Crippen LogP contribution is 2.20. The molecule has 134 valence electrons. The van der Waals surface area contributed by atoms with Gasteiger partial charge >= 0.3 is 6.03 Å². The summed E-state index contributed by atoms with van der Waals surface area (Å²) in [6, 6.07) is 15.2. The van der Waals surface area contributed by atoms with E-state index < -0.39 is 0 Å². The molecule has 0 aromatic heterocycles. The number of methoxy groups -OCH3 is 1. The standard InChI is InChI=1S/C19H24ClN3O2/c1-23(2)18(15-7-9-17(25-3)10-8-15)13-22-19(24)21-12-14-5-4-6-16(20)11-14/h4-11,18H,12-13H2,1-3H3,(H2,21,22,24). The van der Waals surface area contributed by atoms with E-state index in [1.165, 1.54) is 0 Å². The fourth-order valence-electron chi connectivity index (χ4n) is 2.51.